The van der Waals surface area contributed by atoms with Gasteiger partial charge in [0, 0.05) is 12.6 Å². The van der Waals surface area contributed by atoms with E-state index in [4.69, 9.17) is 10.5 Å². The maximum absolute atomic E-state index is 12.1. The summed E-state index contributed by atoms with van der Waals surface area (Å²) in [6.45, 7) is 2.47. The minimum Gasteiger partial charge on any atom is -0.444 e. The molecule has 1 aromatic rings. The van der Waals surface area contributed by atoms with Crippen molar-refractivity contribution in [3.8, 4) is 5.75 Å². The second-order valence-electron chi connectivity index (χ2n) is 5.44. The van der Waals surface area contributed by atoms with Crippen LogP contribution in [0.5, 0.6) is 5.75 Å². The molecule has 1 atom stereocenters. The van der Waals surface area contributed by atoms with Gasteiger partial charge in [-0.05, 0) is 38.5 Å². The highest BCUT2D eigenvalue weighted by atomic mass is 19.3. The van der Waals surface area contributed by atoms with Crippen LogP contribution in [-0.2, 0) is 4.74 Å². The number of amides is 1. The van der Waals surface area contributed by atoms with Crippen LogP contribution in [0.25, 0.3) is 0 Å². The van der Waals surface area contributed by atoms with Gasteiger partial charge in [-0.2, -0.15) is 8.78 Å². The summed E-state index contributed by atoms with van der Waals surface area (Å²) in [7, 11) is 0. The zero-order valence-corrected chi connectivity index (χ0v) is 12.2. The molecule has 5 nitrogen and oxygen atoms in total. The Bertz CT molecular complexity index is 476. The smallest absolute Gasteiger partial charge is 0.407 e. The Hall–Kier alpha value is -1.89. The molecule has 0 bridgehead atoms. The summed E-state index contributed by atoms with van der Waals surface area (Å²) < 4.78 is 33.6. The van der Waals surface area contributed by atoms with Crippen LogP contribution in [0.1, 0.15) is 32.4 Å². The van der Waals surface area contributed by atoms with Crippen LogP contribution in [0.15, 0.2) is 24.3 Å². The summed E-state index contributed by atoms with van der Waals surface area (Å²) >= 11 is 0. The number of benzene rings is 1. The van der Waals surface area contributed by atoms with E-state index in [0.717, 1.165) is 0 Å². The van der Waals surface area contributed by atoms with Crippen LogP contribution < -0.4 is 15.8 Å². The van der Waals surface area contributed by atoms with E-state index >= 15 is 0 Å². The van der Waals surface area contributed by atoms with E-state index in [2.05, 4.69) is 10.1 Å². The molecule has 0 saturated heterocycles. The molecule has 7 heteroatoms. The van der Waals surface area contributed by atoms with Crippen LogP contribution in [0.2, 0.25) is 0 Å². The quantitative estimate of drug-likeness (QED) is 0.877. The van der Waals surface area contributed by atoms with Gasteiger partial charge < -0.3 is 20.5 Å². The van der Waals surface area contributed by atoms with E-state index in [-0.39, 0.29) is 12.3 Å². The van der Waals surface area contributed by atoms with Gasteiger partial charge in [0.05, 0.1) is 0 Å². The molecule has 21 heavy (non-hydrogen) atoms. The van der Waals surface area contributed by atoms with Crippen molar-refractivity contribution in [1.29, 1.82) is 0 Å². The molecule has 0 saturated carbocycles. The van der Waals surface area contributed by atoms with E-state index in [0.29, 0.717) is 5.56 Å². The Kier molecular flexibility index (Phi) is 5.90. The molecule has 1 aromatic carbocycles. The van der Waals surface area contributed by atoms with Gasteiger partial charge in [0.25, 0.3) is 0 Å². The van der Waals surface area contributed by atoms with Gasteiger partial charge in [-0.15, -0.1) is 0 Å². The Balaban J connectivity index is 2.55. The van der Waals surface area contributed by atoms with Crippen molar-refractivity contribution >= 4 is 6.09 Å². The number of alkyl halides is 2. The average molecular weight is 302 g/mol. The maximum atomic E-state index is 12.1. The Labute approximate surface area is 122 Å². The summed E-state index contributed by atoms with van der Waals surface area (Å²) in [6, 6.07) is 5.48. The lowest BCUT2D eigenvalue weighted by Crippen LogP contribution is -2.36. The second-order valence-corrected chi connectivity index (χ2v) is 5.44. The van der Waals surface area contributed by atoms with Crippen molar-refractivity contribution in [3.05, 3.63) is 29.8 Å². The lowest BCUT2D eigenvalue weighted by atomic mass is 10.1. The van der Waals surface area contributed by atoms with Crippen LogP contribution in [0.4, 0.5) is 13.6 Å². The predicted octanol–water partition coefficient (Wildman–Crippen LogP) is 2.81. The monoisotopic (exact) mass is 302 g/mol. The first kappa shape index (κ1) is 17.2. The number of nitrogens with one attached hydrogen (secondary N) is 1. The van der Waals surface area contributed by atoms with Crippen molar-refractivity contribution in [2.24, 2.45) is 5.73 Å². The normalized spacial score (nSPS) is 12.9. The maximum Gasteiger partial charge on any atom is 0.407 e. The molecule has 0 heterocycles. The lowest BCUT2D eigenvalue weighted by Gasteiger charge is -2.21. The largest absolute Gasteiger partial charge is 0.444 e. The first-order chi connectivity index (χ1) is 9.67. The van der Waals surface area contributed by atoms with Gasteiger partial charge in [0.2, 0.25) is 0 Å². The number of rotatable bonds is 5. The van der Waals surface area contributed by atoms with E-state index in [1.807, 2.05) is 0 Å². The molecule has 1 unspecified atom stereocenters. The van der Waals surface area contributed by atoms with E-state index in [9.17, 15) is 13.6 Å². The number of ether oxygens (including phenoxy) is 2. The van der Waals surface area contributed by atoms with Crippen molar-refractivity contribution in [3.63, 3.8) is 0 Å². The highest BCUT2D eigenvalue weighted by Gasteiger charge is 2.17. The number of hydrogen-bond donors (Lipinski definition) is 2. The van der Waals surface area contributed by atoms with Gasteiger partial charge in [0.15, 0.2) is 0 Å². The molecular formula is C14H20F2N2O3. The number of halogens is 2. The molecule has 3 N–H and O–H groups in total. The first-order valence-electron chi connectivity index (χ1n) is 6.44. The first-order valence-corrected chi connectivity index (χ1v) is 6.44. The number of alkyl carbamates (subject to hydrolysis) is 1. The van der Waals surface area contributed by atoms with Crippen LogP contribution in [0.3, 0.4) is 0 Å². The summed E-state index contributed by atoms with van der Waals surface area (Å²) in [4.78, 5) is 11.5. The summed E-state index contributed by atoms with van der Waals surface area (Å²) in [5.41, 5.74) is 5.87. The zero-order valence-electron chi connectivity index (χ0n) is 12.2. The van der Waals surface area contributed by atoms with Gasteiger partial charge in [-0.1, -0.05) is 12.1 Å². The fourth-order valence-electron chi connectivity index (χ4n) is 1.55. The molecule has 0 aliphatic carbocycles. The summed E-state index contributed by atoms with van der Waals surface area (Å²) in [5, 5.41) is 2.52. The Morgan fingerprint density at radius 1 is 1.38 bits per heavy atom. The predicted molar refractivity (Wildman–Crippen MR) is 74.2 cm³/mol. The van der Waals surface area contributed by atoms with Crippen LogP contribution in [-0.4, -0.2) is 24.9 Å². The SMILES string of the molecule is CC(C)(C)OC(=O)NCC(N)c1cccc(OC(F)F)c1. The van der Waals surface area contributed by atoms with Gasteiger partial charge in [-0.3, -0.25) is 0 Å². The number of carbonyl (C=O) groups excluding carboxylic acids is 1. The molecule has 0 aliphatic heterocycles. The van der Waals surface area contributed by atoms with Crippen molar-refractivity contribution in [1.82, 2.24) is 5.32 Å². The third kappa shape index (κ3) is 6.89. The Morgan fingerprint density at radius 3 is 2.62 bits per heavy atom. The highest BCUT2D eigenvalue weighted by molar-refractivity contribution is 5.67. The van der Waals surface area contributed by atoms with Gasteiger partial charge in [0.1, 0.15) is 11.4 Å². The number of carbonyl (C=O) groups is 1. The molecule has 0 spiro atoms. The standard InChI is InChI=1S/C14H20F2N2O3/c1-14(2,3)21-13(19)18-8-11(17)9-5-4-6-10(7-9)20-12(15)16/h4-7,11-12H,8,17H2,1-3H3,(H,18,19). The molecule has 1 rings (SSSR count). The van der Waals surface area contributed by atoms with E-state index in [1.54, 1.807) is 32.9 Å². The minimum atomic E-state index is -2.89. The molecule has 1 amide bonds. The molecule has 0 aliphatic rings. The van der Waals surface area contributed by atoms with Gasteiger partial charge >= 0.3 is 12.7 Å². The summed E-state index contributed by atoms with van der Waals surface area (Å²) in [5.74, 6) is 0.0234. The zero-order chi connectivity index (χ0) is 16.0. The van der Waals surface area contributed by atoms with Crippen LogP contribution in [0, 0.1) is 0 Å². The number of nitrogens with two attached hydrogens (primary N) is 1. The topological polar surface area (TPSA) is 73.6 Å². The van der Waals surface area contributed by atoms with Crippen molar-refractivity contribution < 1.29 is 23.0 Å². The third-order valence-electron chi connectivity index (χ3n) is 2.38. The van der Waals surface area contributed by atoms with Crippen LogP contribution >= 0.6 is 0 Å². The lowest BCUT2D eigenvalue weighted by molar-refractivity contribution is -0.0499. The molecule has 0 fully saturated rings. The van der Waals surface area contributed by atoms with Crippen molar-refractivity contribution in [2.45, 2.75) is 39.0 Å². The molecular weight excluding hydrogens is 282 g/mol. The third-order valence-corrected chi connectivity index (χ3v) is 2.38. The molecule has 0 aromatic heterocycles. The Morgan fingerprint density at radius 2 is 2.05 bits per heavy atom. The molecule has 118 valence electrons. The minimum absolute atomic E-state index is 0.0234. The second kappa shape index (κ2) is 7.21. The van der Waals surface area contributed by atoms with Crippen molar-refractivity contribution in [2.75, 3.05) is 6.54 Å². The average Bonchev–Trinajstić information content (AvgIpc) is 2.33. The van der Waals surface area contributed by atoms with E-state index < -0.39 is 24.3 Å². The fourth-order valence-corrected chi connectivity index (χ4v) is 1.55. The van der Waals surface area contributed by atoms with Gasteiger partial charge in [-0.25, -0.2) is 4.79 Å². The fraction of sp³-hybridized carbons (Fsp3) is 0.500. The summed E-state index contributed by atoms with van der Waals surface area (Å²) in [6.07, 6.45) is -0.585. The highest BCUT2D eigenvalue weighted by Crippen LogP contribution is 2.19. The number of hydrogen-bond acceptors (Lipinski definition) is 4. The van der Waals surface area contributed by atoms with E-state index in [1.165, 1.54) is 12.1 Å². The molecule has 0 radical (unpaired) electrons.